The predicted octanol–water partition coefficient (Wildman–Crippen LogP) is 3.51. The van der Waals surface area contributed by atoms with Crippen molar-refractivity contribution in [2.24, 2.45) is 7.05 Å². The lowest BCUT2D eigenvalue weighted by Gasteiger charge is -2.37. The minimum absolute atomic E-state index is 0.511. The molecule has 0 spiro atoms. The molecule has 1 saturated heterocycles. The third-order valence-electron chi connectivity index (χ3n) is 7.11. The Morgan fingerprint density at radius 1 is 1.03 bits per heavy atom. The molecule has 4 aromatic rings. The monoisotopic (exact) mass is 515 g/mol. The number of ether oxygens (including phenoxy) is 1. The number of anilines is 4. The first-order chi connectivity index (χ1) is 18.4. The molecular formula is C28H37N9O. The fraction of sp³-hybridized carbons (Fsp3) is 0.393. The highest BCUT2D eigenvalue weighted by Gasteiger charge is 2.21. The predicted molar refractivity (Wildman–Crippen MR) is 155 cm³/mol. The molecule has 3 heterocycles. The van der Waals surface area contributed by atoms with Gasteiger partial charge in [-0.05, 0) is 38.4 Å². The number of rotatable bonds is 9. The van der Waals surface area contributed by atoms with Gasteiger partial charge in [-0.1, -0.05) is 6.07 Å². The molecule has 0 saturated carbocycles. The van der Waals surface area contributed by atoms with Crippen LogP contribution in [0.25, 0.3) is 22.2 Å². The van der Waals surface area contributed by atoms with E-state index >= 15 is 0 Å². The van der Waals surface area contributed by atoms with Crippen molar-refractivity contribution >= 4 is 33.9 Å². The molecule has 0 atom stereocenters. The summed E-state index contributed by atoms with van der Waals surface area (Å²) in [6, 6.07) is 12.3. The lowest BCUT2D eigenvalue weighted by molar-refractivity contribution is 0.229. The Labute approximate surface area is 224 Å². The van der Waals surface area contributed by atoms with Crippen molar-refractivity contribution in [3.8, 4) is 17.0 Å². The van der Waals surface area contributed by atoms with Crippen LogP contribution in [-0.2, 0) is 7.05 Å². The fourth-order valence-corrected chi connectivity index (χ4v) is 4.87. The Morgan fingerprint density at radius 3 is 2.58 bits per heavy atom. The summed E-state index contributed by atoms with van der Waals surface area (Å²) in [5.74, 6) is 1.26. The molecule has 0 amide bonds. The maximum absolute atomic E-state index is 5.80. The van der Waals surface area contributed by atoms with Gasteiger partial charge in [0.25, 0.3) is 0 Å². The van der Waals surface area contributed by atoms with Gasteiger partial charge in [-0.3, -0.25) is 9.58 Å². The number of methoxy groups -OCH3 is 1. The number of aromatic nitrogens is 4. The maximum Gasteiger partial charge on any atom is 0.227 e. The van der Waals surface area contributed by atoms with Crippen LogP contribution in [0.15, 0.2) is 48.8 Å². The molecular weight excluding hydrogens is 478 g/mol. The molecule has 1 fully saturated rings. The van der Waals surface area contributed by atoms with Crippen LogP contribution in [0.5, 0.6) is 5.75 Å². The number of benzene rings is 2. The van der Waals surface area contributed by atoms with Gasteiger partial charge >= 0.3 is 0 Å². The van der Waals surface area contributed by atoms with E-state index in [-0.39, 0.29) is 0 Å². The molecule has 0 aliphatic carbocycles. The molecule has 2 N–H and O–H groups in total. The average molecular weight is 516 g/mol. The van der Waals surface area contributed by atoms with Crippen LogP contribution in [0.4, 0.5) is 23.0 Å². The van der Waals surface area contributed by atoms with Crippen LogP contribution in [0.3, 0.4) is 0 Å². The first-order valence-corrected chi connectivity index (χ1v) is 13.0. The Balaban J connectivity index is 1.35. The number of likely N-dealkylation sites (N-methyl/N-ethyl adjacent to an activating group) is 1. The van der Waals surface area contributed by atoms with E-state index in [0.29, 0.717) is 5.95 Å². The Bertz CT molecular complexity index is 1390. The Hall–Kier alpha value is -3.89. The molecule has 5 rings (SSSR count). The van der Waals surface area contributed by atoms with E-state index in [4.69, 9.17) is 9.72 Å². The van der Waals surface area contributed by atoms with Crippen LogP contribution in [0.2, 0.25) is 0 Å². The lowest BCUT2D eigenvalue weighted by Crippen LogP contribution is -2.48. The van der Waals surface area contributed by atoms with Crippen LogP contribution in [-0.4, -0.2) is 97.1 Å². The minimum atomic E-state index is 0.511. The van der Waals surface area contributed by atoms with Gasteiger partial charge in [0.2, 0.25) is 5.95 Å². The Morgan fingerprint density at radius 2 is 1.84 bits per heavy atom. The van der Waals surface area contributed by atoms with Crippen molar-refractivity contribution in [1.29, 1.82) is 0 Å². The van der Waals surface area contributed by atoms with Crippen molar-refractivity contribution in [2.45, 2.75) is 0 Å². The third-order valence-corrected chi connectivity index (χ3v) is 7.11. The minimum Gasteiger partial charge on any atom is -0.494 e. The third kappa shape index (κ3) is 5.51. The fourth-order valence-electron chi connectivity index (χ4n) is 4.87. The molecule has 1 aliphatic heterocycles. The summed E-state index contributed by atoms with van der Waals surface area (Å²) in [7, 11) is 9.84. The summed E-state index contributed by atoms with van der Waals surface area (Å²) >= 11 is 0. The second-order valence-electron chi connectivity index (χ2n) is 9.88. The number of hydrogen-bond acceptors (Lipinski definition) is 9. The summed E-state index contributed by atoms with van der Waals surface area (Å²) < 4.78 is 7.67. The second-order valence-corrected chi connectivity index (χ2v) is 9.88. The number of aryl methyl sites for hydroxylation is 1. The number of nitrogens with one attached hydrogen (secondary N) is 2. The SMILES string of the molecule is CNc1cc(Nc2nccc(-c3ccc4c(cnn4C)c3)n2)c(OC)cc1N1CCN(CCN(C)C)CC1. The van der Waals surface area contributed by atoms with Gasteiger partial charge in [0.05, 0.1) is 41.6 Å². The molecule has 200 valence electrons. The normalized spacial score (nSPS) is 14.3. The topological polar surface area (TPSA) is 86.6 Å². The first kappa shape index (κ1) is 25.7. The van der Waals surface area contributed by atoms with Crippen molar-refractivity contribution in [3.05, 3.63) is 48.8 Å². The zero-order valence-electron chi connectivity index (χ0n) is 22.9. The van der Waals surface area contributed by atoms with Crippen LogP contribution in [0.1, 0.15) is 0 Å². The number of hydrogen-bond donors (Lipinski definition) is 2. The Kier molecular flexibility index (Phi) is 7.62. The highest BCUT2D eigenvalue weighted by molar-refractivity contribution is 5.84. The average Bonchev–Trinajstić information content (AvgIpc) is 3.32. The van der Waals surface area contributed by atoms with E-state index in [1.165, 1.54) is 0 Å². The molecule has 10 heteroatoms. The van der Waals surface area contributed by atoms with Gasteiger partial charge in [-0.15, -0.1) is 0 Å². The van der Waals surface area contributed by atoms with Gasteiger partial charge < -0.3 is 25.2 Å². The van der Waals surface area contributed by atoms with Crippen molar-refractivity contribution in [1.82, 2.24) is 29.5 Å². The molecule has 38 heavy (non-hydrogen) atoms. The molecule has 2 aromatic carbocycles. The molecule has 0 unspecified atom stereocenters. The van der Waals surface area contributed by atoms with E-state index in [9.17, 15) is 0 Å². The van der Waals surface area contributed by atoms with Gasteiger partial charge in [0, 0.05) is 76.6 Å². The van der Waals surface area contributed by atoms with Crippen molar-refractivity contribution in [3.63, 3.8) is 0 Å². The van der Waals surface area contributed by atoms with Gasteiger partial charge in [0.15, 0.2) is 0 Å². The highest BCUT2D eigenvalue weighted by Crippen LogP contribution is 2.38. The summed E-state index contributed by atoms with van der Waals surface area (Å²) in [5.41, 5.74) is 5.92. The second kappa shape index (κ2) is 11.2. The first-order valence-electron chi connectivity index (χ1n) is 13.0. The van der Waals surface area contributed by atoms with Crippen LogP contribution in [0, 0.1) is 0 Å². The molecule has 1 aliphatic rings. The number of fused-ring (bicyclic) bond motifs is 1. The van der Waals surface area contributed by atoms with Crippen LogP contribution >= 0.6 is 0 Å². The highest BCUT2D eigenvalue weighted by atomic mass is 16.5. The number of piperazine rings is 1. The zero-order valence-corrected chi connectivity index (χ0v) is 22.9. The smallest absolute Gasteiger partial charge is 0.227 e. The summed E-state index contributed by atoms with van der Waals surface area (Å²) in [6.45, 7) is 6.23. The summed E-state index contributed by atoms with van der Waals surface area (Å²) in [4.78, 5) is 16.5. The van der Waals surface area contributed by atoms with Crippen molar-refractivity contribution < 1.29 is 4.74 Å². The lowest BCUT2D eigenvalue weighted by atomic mass is 10.1. The van der Waals surface area contributed by atoms with E-state index in [0.717, 1.165) is 84.2 Å². The van der Waals surface area contributed by atoms with E-state index in [1.54, 1.807) is 13.3 Å². The molecule has 0 bridgehead atoms. The van der Waals surface area contributed by atoms with E-state index in [2.05, 4.69) is 79.8 Å². The molecule has 0 radical (unpaired) electrons. The van der Waals surface area contributed by atoms with E-state index in [1.807, 2.05) is 31.0 Å². The summed E-state index contributed by atoms with van der Waals surface area (Å²) in [6.07, 6.45) is 3.64. The molecule has 10 nitrogen and oxygen atoms in total. The zero-order chi connectivity index (χ0) is 26.6. The quantitative estimate of drug-likeness (QED) is 0.348. The van der Waals surface area contributed by atoms with Crippen molar-refractivity contribution in [2.75, 3.05) is 83.1 Å². The van der Waals surface area contributed by atoms with Gasteiger partial charge in [0.1, 0.15) is 5.75 Å². The maximum atomic E-state index is 5.80. The molecule has 2 aromatic heterocycles. The van der Waals surface area contributed by atoms with Gasteiger partial charge in [-0.25, -0.2) is 9.97 Å². The van der Waals surface area contributed by atoms with Crippen LogP contribution < -0.4 is 20.3 Å². The van der Waals surface area contributed by atoms with Gasteiger partial charge in [-0.2, -0.15) is 5.10 Å². The van der Waals surface area contributed by atoms with E-state index < -0.39 is 0 Å². The number of nitrogens with zero attached hydrogens (tertiary/aromatic N) is 7. The largest absolute Gasteiger partial charge is 0.494 e. The summed E-state index contributed by atoms with van der Waals surface area (Å²) in [5, 5.41) is 12.2. The standard InChI is InChI=1S/C28H37N9O/c1-29-23-17-24(27(38-5)18-26(23)37-14-12-36(13-15-37)11-10-34(2)3)33-28-30-9-8-22(32-28)20-6-7-25-21(16-20)19-31-35(25)4/h6-9,16-19,29H,10-15H2,1-5H3,(H,30,32,33).